The van der Waals surface area contributed by atoms with E-state index in [1.54, 1.807) is 42.3 Å². The van der Waals surface area contributed by atoms with Gasteiger partial charge in [-0.1, -0.05) is 0 Å². The van der Waals surface area contributed by atoms with Crippen LogP contribution >= 0.6 is 0 Å². The Hall–Kier alpha value is -3.83. The quantitative estimate of drug-likeness (QED) is 0.331. The van der Waals surface area contributed by atoms with Crippen molar-refractivity contribution < 1.29 is 28.2 Å². The summed E-state index contributed by atoms with van der Waals surface area (Å²) >= 11 is 0. The summed E-state index contributed by atoms with van der Waals surface area (Å²) in [4.78, 5) is 34.9. The number of amides is 2. The molecule has 1 aliphatic rings. The molecule has 37 heavy (non-hydrogen) atoms. The molecule has 0 saturated carbocycles. The van der Waals surface area contributed by atoms with Crippen molar-refractivity contribution in [2.45, 2.75) is 32.5 Å². The lowest BCUT2D eigenvalue weighted by Crippen LogP contribution is -2.48. The van der Waals surface area contributed by atoms with Gasteiger partial charge in [0, 0.05) is 43.7 Å². The maximum Gasteiger partial charge on any atom is 0.233 e. The third-order valence-electron chi connectivity index (χ3n) is 5.74. The predicted octanol–water partition coefficient (Wildman–Crippen LogP) is 3.50. The van der Waals surface area contributed by atoms with Crippen LogP contribution in [0.4, 0.5) is 21.6 Å². The van der Waals surface area contributed by atoms with E-state index in [0.29, 0.717) is 54.8 Å². The zero-order chi connectivity index (χ0) is 26.4. The number of nitrogens with one attached hydrogen (secondary N) is 2. The van der Waals surface area contributed by atoms with Crippen LogP contribution in [0.25, 0.3) is 10.9 Å². The van der Waals surface area contributed by atoms with E-state index in [9.17, 15) is 14.0 Å². The molecule has 11 heteroatoms. The molecule has 10 nitrogen and oxygen atoms in total. The number of aromatic nitrogens is 2. The lowest BCUT2D eigenvalue weighted by molar-refractivity contribution is -0.145. The predicted molar refractivity (Wildman–Crippen MR) is 136 cm³/mol. The molecular formula is C26H30FN5O5. The molecule has 1 aromatic heterocycles. The summed E-state index contributed by atoms with van der Waals surface area (Å²) in [7, 11) is 1.56. The van der Waals surface area contributed by atoms with E-state index in [0.717, 1.165) is 0 Å². The van der Waals surface area contributed by atoms with Crippen LogP contribution in [0, 0.1) is 5.82 Å². The number of anilines is 3. The van der Waals surface area contributed by atoms with Crippen LogP contribution < -0.4 is 15.4 Å². The fourth-order valence-corrected chi connectivity index (χ4v) is 4.15. The highest BCUT2D eigenvalue weighted by atomic mass is 19.1. The van der Waals surface area contributed by atoms with Crippen LogP contribution in [0.5, 0.6) is 5.75 Å². The van der Waals surface area contributed by atoms with Crippen LogP contribution in [-0.4, -0.2) is 72.3 Å². The highest BCUT2D eigenvalue weighted by molar-refractivity contribution is 6.03. The number of hydrogen-bond donors (Lipinski definition) is 2. The Balaban J connectivity index is 1.38. The molecule has 0 bridgehead atoms. The van der Waals surface area contributed by atoms with Crippen LogP contribution in [0.15, 0.2) is 42.7 Å². The van der Waals surface area contributed by atoms with E-state index in [2.05, 4.69) is 20.6 Å². The SMILES string of the molecule is COCCOc1cc(F)c2c(Nc3ccc(NC(=O)CC(=O)N4C[C@@H](C)O[C@@H](C)C4)cc3)ncnc2c1. The fourth-order valence-electron chi connectivity index (χ4n) is 4.15. The minimum atomic E-state index is -0.523. The molecule has 2 N–H and O–H groups in total. The zero-order valence-electron chi connectivity index (χ0n) is 21.0. The topological polar surface area (TPSA) is 115 Å². The second-order valence-electron chi connectivity index (χ2n) is 8.85. The Morgan fingerprint density at radius 1 is 1.08 bits per heavy atom. The van der Waals surface area contributed by atoms with Gasteiger partial charge in [0.25, 0.3) is 0 Å². The average molecular weight is 512 g/mol. The Bertz CT molecular complexity index is 1250. The standard InChI is InChI=1S/C26H30FN5O5/c1-16-13-32(14-17(2)37-16)24(34)12-23(33)30-18-4-6-19(7-5-18)31-26-25-21(27)10-20(36-9-8-35-3)11-22(25)28-15-29-26/h4-7,10-11,15-17H,8-9,12-14H2,1-3H3,(H,30,33)(H,28,29,31)/t16-,17+. The van der Waals surface area contributed by atoms with Gasteiger partial charge >= 0.3 is 0 Å². The van der Waals surface area contributed by atoms with Crippen LogP contribution in [0.2, 0.25) is 0 Å². The van der Waals surface area contributed by atoms with E-state index < -0.39 is 11.7 Å². The van der Waals surface area contributed by atoms with Crippen molar-refractivity contribution in [1.29, 1.82) is 0 Å². The number of benzene rings is 2. The van der Waals surface area contributed by atoms with Gasteiger partial charge in [-0.25, -0.2) is 14.4 Å². The molecule has 1 aliphatic heterocycles. The number of carbonyl (C=O) groups is 2. The van der Waals surface area contributed by atoms with Crippen molar-refractivity contribution in [3.8, 4) is 5.75 Å². The first-order valence-corrected chi connectivity index (χ1v) is 12.0. The molecule has 2 amide bonds. The molecule has 3 aromatic rings. The lowest BCUT2D eigenvalue weighted by atomic mass is 10.2. The summed E-state index contributed by atoms with van der Waals surface area (Å²) in [6, 6.07) is 9.73. The Labute approximate surface area is 214 Å². The van der Waals surface area contributed by atoms with Gasteiger partial charge in [-0.3, -0.25) is 9.59 Å². The second-order valence-corrected chi connectivity index (χ2v) is 8.85. The van der Waals surface area contributed by atoms with Gasteiger partial charge < -0.3 is 29.7 Å². The molecule has 4 rings (SSSR count). The molecule has 0 unspecified atom stereocenters. The van der Waals surface area contributed by atoms with Crippen molar-refractivity contribution in [2.24, 2.45) is 0 Å². The van der Waals surface area contributed by atoms with Crippen molar-refractivity contribution in [1.82, 2.24) is 14.9 Å². The third kappa shape index (κ3) is 6.89. The number of hydrogen-bond acceptors (Lipinski definition) is 8. The Morgan fingerprint density at radius 3 is 2.49 bits per heavy atom. The number of ether oxygens (including phenoxy) is 3. The summed E-state index contributed by atoms with van der Waals surface area (Å²) in [5.41, 5.74) is 1.55. The smallest absolute Gasteiger partial charge is 0.233 e. The maximum absolute atomic E-state index is 14.9. The minimum absolute atomic E-state index is 0.0624. The molecule has 1 saturated heterocycles. The Kier molecular flexibility index (Phi) is 8.47. The Morgan fingerprint density at radius 2 is 1.78 bits per heavy atom. The van der Waals surface area contributed by atoms with Gasteiger partial charge in [-0.15, -0.1) is 0 Å². The largest absolute Gasteiger partial charge is 0.491 e. The number of carbonyl (C=O) groups excluding carboxylic acids is 2. The first-order valence-electron chi connectivity index (χ1n) is 12.0. The van der Waals surface area contributed by atoms with Gasteiger partial charge in [-0.2, -0.15) is 0 Å². The van der Waals surface area contributed by atoms with E-state index in [1.807, 2.05) is 13.8 Å². The number of methoxy groups -OCH3 is 1. The summed E-state index contributed by atoms with van der Waals surface area (Å²) in [5, 5.41) is 6.05. The minimum Gasteiger partial charge on any atom is -0.491 e. The summed E-state index contributed by atoms with van der Waals surface area (Å²) in [6.45, 7) is 5.42. The van der Waals surface area contributed by atoms with Crippen molar-refractivity contribution in [3.05, 3.63) is 48.5 Å². The molecule has 2 aromatic carbocycles. The molecule has 196 valence electrons. The highest BCUT2D eigenvalue weighted by Crippen LogP contribution is 2.29. The average Bonchev–Trinajstić information content (AvgIpc) is 2.84. The summed E-state index contributed by atoms with van der Waals surface area (Å²) < 4.78 is 31.0. The normalized spacial score (nSPS) is 17.5. The van der Waals surface area contributed by atoms with E-state index in [1.165, 1.54) is 12.4 Å². The summed E-state index contributed by atoms with van der Waals surface area (Å²) in [6.07, 6.45) is 0.966. The molecule has 1 fully saturated rings. The first kappa shape index (κ1) is 26.2. The monoisotopic (exact) mass is 511 g/mol. The van der Waals surface area contributed by atoms with Crippen LogP contribution in [0.1, 0.15) is 20.3 Å². The van der Waals surface area contributed by atoms with Crippen LogP contribution in [-0.2, 0) is 19.1 Å². The maximum atomic E-state index is 14.9. The van der Waals surface area contributed by atoms with E-state index in [-0.39, 0.29) is 29.9 Å². The molecule has 2 heterocycles. The van der Waals surface area contributed by atoms with Gasteiger partial charge in [0.15, 0.2) is 0 Å². The van der Waals surface area contributed by atoms with Gasteiger partial charge in [0.2, 0.25) is 11.8 Å². The fraction of sp³-hybridized carbons (Fsp3) is 0.385. The van der Waals surface area contributed by atoms with Gasteiger partial charge in [-0.05, 0) is 38.1 Å². The van der Waals surface area contributed by atoms with E-state index in [4.69, 9.17) is 14.2 Å². The summed E-state index contributed by atoms with van der Waals surface area (Å²) in [5.74, 6) is -0.511. The first-order chi connectivity index (χ1) is 17.8. The molecule has 0 aliphatic carbocycles. The van der Waals surface area contributed by atoms with Gasteiger partial charge in [0.05, 0.1) is 29.7 Å². The molecular weight excluding hydrogens is 481 g/mol. The number of morpholine rings is 1. The third-order valence-corrected chi connectivity index (χ3v) is 5.74. The number of nitrogens with zero attached hydrogens (tertiary/aromatic N) is 3. The van der Waals surface area contributed by atoms with Crippen molar-refractivity contribution in [3.63, 3.8) is 0 Å². The number of rotatable bonds is 9. The van der Waals surface area contributed by atoms with Crippen LogP contribution in [0.3, 0.4) is 0 Å². The highest BCUT2D eigenvalue weighted by Gasteiger charge is 2.27. The number of halogens is 1. The second kappa shape index (κ2) is 11.9. The number of fused-ring (bicyclic) bond motifs is 1. The molecule has 2 atom stereocenters. The van der Waals surface area contributed by atoms with Crippen molar-refractivity contribution in [2.75, 3.05) is 44.0 Å². The van der Waals surface area contributed by atoms with Gasteiger partial charge in [0.1, 0.15) is 36.7 Å². The zero-order valence-corrected chi connectivity index (χ0v) is 21.0. The molecule has 0 spiro atoms. The van der Waals surface area contributed by atoms with Crippen molar-refractivity contribution >= 4 is 39.9 Å². The molecule has 0 radical (unpaired) electrons. The van der Waals surface area contributed by atoms with E-state index >= 15 is 0 Å². The lowest BCUT2D eigenvalue weighted by Gasteiger charge is -2.35.